The van der Waals surface area contributed by atoms with Crippen LogP contribution in [0.5, 0.6) is 0 Å². The van der Waals surface area contributed by atoms with E-state index in [1.807, 2.05) is 0 Å². The Morgan fingerprint density at radius 1 is 0.405 bits per heavy atom. The fourth-order valence-corrected chi connectivity index (χ4v) is 4.39. The lowest BCUT2D eigenvalue weighted by molar-refractivity contribution is -0.396. The molecule has 0 aliphatic heterocycles. The van der Waals surface area contributed by atoms with E-state index in [-0.39, 0.29) is 0 Å². The van der Waals surface area contributed by atoms with Crippen molar-refractivity contribution in [3.05, 3.63) is 0 Å². The number of halogens is 18. The van der Waals surface area contributed by atoms with Crippen molar-refractivity contribution in [2.75, 3.05) is 24.7 Å². The SMILES string of the molecule is O=S(=O)(CCCC(F)(F)C(F)(F)C(F)(F)C(F)(F)F)OCCOS(=O)(=O)CCCC(F)(F)C(F)(F)C(F)(F)C(F)(F)F. The highest BCUT2D eigenvalue weighted by Gasteiger charge is 2.82. The van der Waals surface area contributed by atoms with Crippen LogP contribution in [0.2, 0.25) is 0 Å². The third kappa shape index (κ3) is 9.04. The fourth-order valence-electron chi connectivity index (χ4n) is 2.51. The number of hydrogen-bond acceptors (Lipinski definition) is 6. The Balaban J connectivity index is 4.89. The van der Waals surface area contributed by atoms with Crippen molar-refractivity contribution in [1.29, 1.82) is 0 Å². The molecule has 0 radical (unpaired) electrons. The van der Waals surface area contributed by atoms with Crippen molar-refractivity contribution in [3.63, 3.8) is 0 Å². The van der Waals surface area contributed by atoms with Gasteiger partial charge in [-0.1, -0.05) is 0 Å². The lowest BCUT2D eigenvalue weighted by Gasteiger charge is -2.33. The summed E-state index contributed by atoms with van der Waals surface area (Å²) >= 11 is 0. The molecule has 0 rings (SSSR count). The van der Waals surface area contributed by atoms with Crippen LogP contribution in [0.4, 0.5) is 79.0 Å². The first kappa shape index (κ1) is 40.6. The molecule has 0 spiro atoms. The van der Waals surface area contributed by atoms with Gasteiger partial charge >= 0.3 is 47.9 Å². The first-order valence-electron chi connectivity index (χ1n) is 10.3. The normalized spacial score (nSPS) is 15.8. The average molecular weight is 710 g/mol. The zero-order valence-electron chi connectivity index (χ0n) is 19.7. The Bertz CT molecular complexity index is 1020. The Hall–Kier alpha value is -1.44. The molecular weight excluding hydrogens is 694 g/mol. The summed E-state index contributed by atoms with van der Waals surface area (Å²) in [6.45, 7) is -2.82. The van der Waals surface area contributed by atoms with Crippen molar-refractivity contribution in [2.24, 2.45) is 0 Å². The smallest absolute Gasteiger partial charge is 0.268 e. The number of alkyl halides is 18. The lowest BCUT2D eigenvalue weighted by atomic mass is 10.00. The summed E-state index contributed by atoms with van der Waals surface area (Å²) in [4.78, 5) is 0. The molecule has 0 amide bonds. The quantitative estimate of drug-likeness (QED) is 0.102. The molecule has 0 aromatic carbocycles. The minimum absolute atomic E-state index is 1.41. The molecule has 0 aliphatic rings. The van der Waals surface area contributed by atoms with Crippen LogP contribution < -0.4 is 0 Å². The van der Waals surface area contributed by atoms with E-state index in [1.165, 1.54) is 0 Å². The van der Waals surface area contributed by atoms with Gasteiger partial charge in [-0.05, 0) is 12.8 Å². The topological polar surface area (TPSA) is 86.7 Å². The molecule has 0 aromatic rings. The van der Waals surface area contributed by atoms with Gasteiger partial charge in [0, 0.05) is 12.8 Å². The largest absolute Gasteiger partial charge is 0.460 e. The maximum atomic E-state index is 13.4. The van der Waals surface area contributed by atoms with Crippen molar-refractivity contribution in [2.45, 2.75) is 73.6 Å². The summed E-state index contributed by atoms with van der Waals surface area (Å²) in [6, 6.07) is 0. The molecule has 6 nitrogen and oxygen atoms in total. The summed E-state index contributed by atoms with van der Waals surface area (Å²) in [6.07, 6.45) is -22.8. The second kappa shape index (κ2) is 12.5. The maximum absolute atomic E-state index is 13.4. The van der Waals surface area contributed by atoms with Gasteiger partial charge in [-0.15, -0.1) is 0 Å². The molecule has 0 unspecified atom stereocenters. The van der Waals surface area contributed by atoms with E-state index in [2.05, 4.69) is 8.37 Å². The molecule has 42 heavy (non-hydrogen) atoms. The molecule has 0 saturated heterocycles. The van der Waals surface area contributed by atoms with E-state index >= 15 is 0 Å². The first-order valence-corrected chi connectivity index (χ1v) is 13.4. The van der Waals surface area contributed by atoms with Crippen LogP contribution in [-0.4, -0.2) is 89.4 Å². The monoisotopic (exact) mass is 710 g/mol. The summed E-state index contributed by atoms with van der Waals surface area (Å²) in [7, 11) is -10.2. The highest BCUT2D eigenvalue weighted by Crippen LogP contribution is 2.55. The van der Waals surface area contributed by atoms with E-state index in [4.69, 9.17) is 0 Å². The van der Waals surface area contributed by atoms with Crippen molar-refractivity contribution in [3.8, 4) is 0 Å². The van der Waals surface area contributed by atoms with E-state index in [0.717, 1.165) is 0 Å². The molecule has 0 saturated carbocycles. The first-order chi connectivity index (χ1) is 18.1. The number of hydrogen-bond donors (Lipinski definition) is 0. The molecule has 0 atom stereocenters. The zero-order valence-corrected chi connectivity index (χ0v) is 21.4. The molecule has 0 fully saturated rings. The van der Waals surface area contributed by atoms with Gasteiger partial charge in [0.15, 0.2) is 0 Å². The molecule has 0 aromatic heterocycles. The summed E-state index contributed by atoms with van der Waals surface area (Å²) in [5.74, 6) is -44.2. The van der Waals surface area contributed by atoms with Gasteiger partial charge in [-0.3, -0.25) is 8.37 Å². The van der Waals surface area contributed by atoms with Crippen LogP contribution in [0.1, 0.15) is 25.7 Å². The van der Waals surface area contributed by atoms with Gasteiger partial charge in [-0.2, -0.15) is 95.9 Å². The summed E-state index contributed by atoms with van der Waals surface area (Å²) in [5.41, 5.74) is 0. The molecule has 0 heterocycles. The van der Waals surface area contributed by atoms with Crippen molar-refractivity contribution >= 4 is 20.2 Å². The predicted octanol–water partition coefficient (Wildman–Crippen LogP) is 6.18. The van der Waals surface area contributed by atoms with Gasteiger partial charge in [0.1, 0.15) is 0 Å². The predicted molar refractivity (Wildman–Crippen MR) is 99.7 cm³/mol. The van der Waals surface area contributed by atoms with Crippen LogP contribution in [0.3, 0.4) is 0 Å². The lowest BCUT2D eigenvalue weighted by Crippen LogP contribution is -2.60. The van der Waals surface area contributed by atoms with Crippen LogP contribution in [0, 0.1) is 0 Å². The van der Waals surface area contributed by atoms with Crippen LogP contribution in [0.15, 0.2) is 0 Å². The molecule has 0 bridgehead atoms. The van der Waals surface area contributed by atoms with Gasteiger partial charge < -0.3 is 0 Å². The third-order valence-electron chi connectivity index (χ3n) is 4.80. The highest BCUT2D eigenvalue weighted by molar-refractivity contribution is 7.87. The van der Waals surface area contributed by atoms with Gasteiger partial charge in [0.25, 0.3) is 20.2 Å². The van der Waals surface area contributed by atoms with Gasteiger partial charge in [0.05, 0.1) is 24.7 Å². The van der Waals surface area contributed by atoms with Gasteiger partial charge in [-0.25, -0.2) is 0 Å². The van der Waals surface area contributed by atoms with Crippen molar-refractivity contribution in [1.82, 2.24) is 0 Å². The Morgan fingerprint density at radius 3 is 0.857 bits per heavy atom. The zero-order chi connectivity index (χ0) is 34.1. The molecule has 0 aliphatic carbocycles. The molecule has 254 valence electrons. The second-order valence-corrected chi connectivity index (χ2v) is 11.6. The Labute approximate surface area is 223 Å². The molecule has 26 heteroatoms. The summed E-state index contributed by atoms with van der Waals surface area (Å²) < 4.78 is 283. The van der Waals surface area contributed by atoms with Crippen molar-refractivity contribution < 1.29 is 104 Å². The van der Waals surface area contributed by atoms with Gasteiger partial charge in [0.2, 0.25) is 0 Å². The molecule has 0 N–H and O–H groups in total. The van der Waals surface area contributed by atoms with Crippen LogP contribution in [0.25, 0.3) is 0 Å². The van der Waals surface area contributed by atoms with E-state index in [1.54, 1.807) is 0 Å². The highest BCUT2D eigenvalue weighted by atomic mass is 32.2. The fraction of sp³-hybridized carbons (Fsp3) is 1.00. The minimum atomic E-state index is -7.23. The van der Waals surface area contributed by atoms with Crippen LogP contribution in [-0.2, 0) is 28.6 Å². The average Bonchev–Trinajstić information content (AvgIpc) is 2.74. The standard InChI is InChI=1S/C16H16F18O6S2/c17-9(18,11(21,22)13(25,26)15(29,30)31)3-1-7-41(35,36)39-5-6-40-42(37,38)8-2-4-10(19,20)12(23,24)14(27,28)16(32,33)34/h1-8H2. The third-order valence-corrected chi connectivity index (χ3v) is 7.43. The minimum Gasteiger partial charge on any atom is -0.268 e. The number of rotatable bonds is 17. The summed E-state index contributed by atoms with van der Waals surface area (Å²) in [5, 5.41) is 0. The Morgan fingerprint density at radius 2 is 0.643 bits per heavy atom. The Kier molecular flexibility index (Phi) is 12.1. The van der Waals surface area contributed by atoms with E-state index in [9.17, 15) is 95.9 Å². The van der Waals surface area contributed by atoms with E-state index in [0.29, 0.717) is 0 Å². The van der Waals surface area contributed by atoms with E-state index < -0.39 is 119 Å². The maximum Gasteiger partial charge on any atom is 0.460 e. The van der Waals surface area contributed by atoms with Crippen LogP contribution >= 0.6 is 0 Å². The molecular formula is C16H16F18O6S2. The second-order valence-electron chi connectivity index (χ2n) is 8.08.